The Morgan fingerprint density at radius 3 is 1.25 bits per heavy atom. The molecule has 0 aromatic rings. The molecule has 0 aliphatic carbocycles. The van der Waals surface area contributed by atoms with Gasteiger partial charge in [-0.15, -0.1) is 0 Å². The molecule has 0 N–H and O–H groups in total. The van der Waals surface area contributed by atoms with E-state index in [1.54, 1.807) is 0 Å². The first-order valence-corrected chi connectivity index (χ1v) is 0.532. The molecule has 1 radical (unpaired) electrons. The van der Waals surface area contributed by atoms with Gasteiger partial charge in [0.2, 0.25) is 0 Å². The Kier molecular flexibility index (Phi) is 128. The van der Waals surface area contributed by atoms with Crippen LogP contribution in [0.5, 0.6) is 0 Å². The molecule has 0 aliphatic rings. The molecule has 4 heavy (non-hydrogen) atoms. The molecular formula is MnNi2O. The summed E-state index contributed by atoms with van der Waals surface area (Å²) in [6.07, 6.45) is 0. The van der Waals surface area contributed by atoms with Gasteiger partial charge in [-0.05, 0) is 0 Å². The third-order valence-corrected chi connectivity index (χ3v) is 0. The van der Waals surface area contributed by atoms with Crippen molar-refractivity contribution in [2.75, 3.05) is 0 Å². The summed E-state index contributed by atoms with van der Waals surface area (Å²) in [4.78, 5) is 0. The summed E-state index contributed by atoms with van der Waals surface area (Å²) in [6.45, 7) is 0. The average molecular weight is 188 g/mol. The van der Waals surface area contributed by atoms with Crippen molar-refractivity contribution in [3.8, 4) is 0 Å². The molecule has 0 rings (SSSR count). The molecule has 0 atom stereocenters. The van der Waals surface area contributed by atoms with Crippen LogP contribution < -0.4 is 0 Å². The Hall–Kier alpha value is 1.31. The van der Waals surface area contributed by atoms with Crippen LogP contribution in [0.3, 0.4) is 0 Å². The van der Waals surface area contributed by atoms with Crippen LogP contribution in [0.1, 0.15) is 0 Å². The second-order valence-electron chi connectivity index (χ2n) is 0. The zero-order chi connectivity index (χ0) is 2.00. The maximum absolute atomic E-state index is 7.88. The van der Waals surface area contributed by atoms with E-state index >= 15 is 0 Å². The van der Waals surface area contributed by atoms with E-state index in [1.807, 2.05) is 0 Å². The molecule has 0 saturated carbocycles. The van der Waals surface area contributed by atoms with Gasteiger partial charge in [0.25, 0.3) is 0 Å². The van der Waals surface area contributed by atoms with Gasteiger partial charge in [0.15, 0.2) is 0 Å². The summed E-state index contributed by atoms with van der Waals surface area (Å²) in [5, 5.41) is 0. The van der Waals surface area contributed by atoms with Crippen molar-refractivity contribution in [1.29, 1.82) is 0 Å². The maximum atomic E-state index is 7.88. The van der Waals surface area contributed by atoms with Crippen LogP contribution in [0.15, 0.2) is 0 Å². The van der Waals surface area contributed by atoms with E-state index in [-0.39, 0.29) is 33.6 Å². The SMILES string of the molecule is [Mn].[Ni].[O]=[Ni]. The monoisotopic (exact) mass is 187 g/mol. The minimum absolute atomic E-state index is 0. The van der Waals surface area contributed by atoms with Gasteiger partial charge in [-0.3, -0.25) is 0 Å². The molecule has 33 valence electrons. The standard InChI is InChI=1S/Mn.2Ni.O. The molecule has 0 heterocycles. The molecule has 0 aromatic heterocycles. The second kappa shape index (κ2) is 27.6. The van der Waals surface area contributed by atoms with Crippen molar-refractivity contribution in [1.82, 2.24) is 0 Å². The van der Waals surface area contributed by atoms with E-state index in [1.165, 1.54) is 0 Å². The molecule has 0 saturated heterocycles. The van der Waals surface area contributed by atoms with Crippen molar-refractivity contribution in [3.63, 3.8) is 0 Å². The quantitative estimate of drug-likeness (QED) is 0.484. The Balaban J connectivity index is -0.00000000500. The minimum atomic E-state index is 0. The Labute approximate surface area is 52.9 Å². The fourth-order valence-electron chi connectivity index (χ4n) is 0. The van der Waals surface area contributed by atoms with Crippen molar-refractivity contribution in [2.24, 2.45) is 0 Å². The Morgan fingerprint density at radius 2 is 1.25 bits per heavy atom. The first-order chi connectivity index (χ1) is 1.00. The third kappa shape index (κ3) is 10.3. The molecule has 0 fully saturated rings. The van der Waals surface area contributed by atoms with E-state index in [0.29, 0.717) is 0 Å². The predicted octanol–water partition coefficient (Wildman–Crippen LogP) is -0.126. The van der Waals surface area contributed by atoms with Gasteiger partial charge in [0.1, 0.15) is 0 Å². The van der Waals surface area contributed by atoms with Gasteiger partial charge in [0, 0.05) is 33.6 Å². The molecule has 0 aromatic carbocycles. The van der Waals surface area contributed by atoms with Crippen LogP contribution in [0.25, 0.3) is 0 Å². The van der Waals surface area contributed by atoms with Crippen molar-refractivity contribution in [3.05, 3.63) is 0 Å². The zero-order valence-electron chi connectivity index (χ0n) is 1.42. The summed E-state index contributed by atoms with van der Waals surface area (Å²) in [5.74, 6) is 0. The van der Waals surface area contributed by atoms with Gasteiger partial charge in [0.05, 0.1) is 0 Å². The molecule has 1 nitrogen and oxygen atoms in total. The molecular weight excluding hydrogens is 188 g/mol. The van der Waals surface area contributed by atoms with Crippen LogP contribution in [-0.4, -0.2) is 0 Å². The van der Waals surface area contributed by atoms with Crippen LogP contribution >= 0.6 is 0 Å². The van der Waals surface area contributed by atoms with E-state index in [9.17, 15) is 0 Å². The van der Waals surface area contributed by atoms with Gasteiger partial charge < -0.3 is 0 Å². The normalized spacial score (nSPS) is 1.50. The summed E-state index contributed by atoms with van der Waals surface area (Å²) < 4.78 is 7.88. The van der Waals surface area contributed by atoms with Gasteiger partial charge >= 0.3 is 19.3 Å². The Bertz CT molecular complexity index is 6.00. The fourth-order valence-corrected chi connectivity index (χ4v) is 0. The van der Waals surface area contributed by atoms with Crippen LogP contribution in [0, 0.1) is 0 Å². The predicted molar refractivity (Wildman–Crippen MR) is 0.686 cm³/mol. The van der Waals surface area contributed by atoms with Gasteiger partial charge in [-0.1, -0.05) is 0 Å². The summed E-state index contributed by atoms with van der Waals surface area (Å²) >= 11 is 2.62. The summed E-state index contributed by atoms with van der Waals surface area (Å²) in [6, 6.07) is 0. The first kappa shape index (κ1) is 18.5. The molecule has 0 unspecified atom stereocenters. The van der Waals surface area contributed by atoms with E-state index in [0.717, 1.165) is 0 Å². The van der Waals surface area contributed by atoms with Crippen LogP contribution in [-0.2, 0) is 52.8 Å². The molecule has 0 spiro atoms. The van der Waals surface area contributed by atoms with Crippen LogP contribution in [0.4, 0.5) is 0 Å². The second-order valence-corrected chi connectivity index (χ2v) is 0. The van der Waals surface area contributed by atoms with E-state index < -0.39 is 0 Å². The number of rotatable bonds is 0. The van der Waals surface area contributed by atoms with Crippen molar-refractivity contribution < 1.29 is 52.8 Å². The molecule has 0 amide bonds. The Morgan fingerprint density at radius 1 is 1.25 bits per heavy atom. The first-order valence-electron chi connectivity index (χ1n) is 0.129. The zero-order valence-corrected chi connectivity index (χ0v) is 4.57. The number of hydrogen-bond donors (Lipinski definition) is 0. The van der Waals surface area contributed by atoms with Crippen LogP contribution in [0.2, 0.25) is 0 Å². The molecule has 0 aliphatic heterocycles. The van der Waals surface area contributed by atoms with Gasteiger partial charge in [-0.25, -0.2) is 0 Å². The third-order valence-electron chi connectivity index (χ3n) is 0. The average Bonchev–Trinajstić information content (AvgIpc) is 1.00. The fraction of sp³-hybridized carbons (Fsp3) is 0. The van der Waals surface area contributed by atoms with E-state index in [2.05, 4.69) is 15.4 Å². The van der Waals surface area contributed by atoms with Crippen molar-refractivity contribution in [2.45, 2.75) is 0 Å². The topological polar surface area (TPSA) is 17.1 Å². The van der Waals surface area contributed by atoms with E-state index in [4.69, 9.17) is 3.90 Å². The molecule has 4 heteroatoms. The molecule has 0 bridgehead atoms. The number of hydrogen-bond acceptors (Lipinski definition) is 1. The van der Waals surface area contributed by atoms with Gasteiger partial charge in [-0.2, -0.15) is 0 Å². The summed E-state index contributed by atoms with van der Waals surface area (Å²) in [5.41, 5.74) is 0. The van der Waals surface area contributed by atoms with Crippen molar-refractivity contribution >= 4 is 0 Å². The summed E-state index contributed by atoms with van der Waals surface area (Å²) in [7, 11) is 0.